The lowest BCUT2D eigenvalue weighted by atomic mass is 10.1. The minimum Gasteiger partial charge on any atom is -0.478 e. The Balaban J connectivity index is 1.67. The average molecular weight is 427 g/mol. The standard InChI is InChI=1S/C18H23ClN4O4S/c1-18(2,27-15-6-4-14(19)5-7-15)17(24)22-8-3-9-23(11-10-22)28(25,26)16-12-20-13-21-16/h4-7,12-13H,3,8-11H2,1-2H3,(H,20,21). The number of sulfonamides is 1. The summed E-state index contributed by atoms with van der Waals surface area (Å²) >= 11 is 5.88. The predicted octanol–water partition coefficient (Wildman–Crippen LogP) is 2.14. The smallest absolute Gasteiger partial charge is 0.266 e. The number of hydrogen-bond donors (Lipinski definition) is 1. The fraction of sp³-hybridized carbons (Fsp3) is 0.444. The van der Waals surface area contributed by atoms with Gasteiger partial charge in [-0.05, 0) is 44.5 Å². The van der Waals surface area contributed by atoms with E-state index in [9.17, 15) is 13.2 Å². The lowest BCUT2D eigenvalue weighted by Crippen LogP contribution is -2.50. The van der Waals surface area contributed by atoms with Gasteiger partial charge >= 0.3 is 0 Å². The number of imidazole rings is 1. The van der Waals surface area contributed by atoms with E-state index < -0.39 is 15.6 Å². The second kappa shape index (κ2) is 8.10. The highest BCUT2D eigenvalue weighted by Gasteiger charge is 2.36. The van der Waals surface area contributed by atoms with Crippen molar-refractivity contribution >= 4 is 27.5 Å². The summed E-state index contributed by atoms with van der Waals surface area (Å²) in [5.74, 6) is 0.351. The predicted molar refractivity (Wildman–Crippen MR) is 105 cm³/mol. The number of H-pyrrole nitrogens is 1. The number of halogens is 1. The van der Waals surface area contributed by atoms with Gasteiger partial charge < -0.3 is 14.6 Å². The van der Waals surface area contributed by atoms with Crippen LogP contribution in [0, 0.1) is 0 Å². The SMILES string of the molecule is CC(C)(Oc1ccc(Cl)cc1)C(=O)N1CCCN(S(=O)(=O)c2cnc[nH]2)CC1. The quantitative estimate of drug-likeness (QED) is 0.790. The number of benzene rings is 1. The summed E-state index contributed by atoms with van der Waals surface area (Å²) in [6.45, 7) is 4.70. The Kier molecular flexibility index (Phi) is 5.97. The van der Waals surface area contributed by atoms with E-state index in [1.165, 1.54) is 16.8 Å². The third kappa shape index (κ3) is 4.48. The van der Waals surface area contributed by atoms with Crippen molar-refractivity contribution in [1.29, 1.82) is 0 Å². The number of nitrogens with zero attached hydrogens (tertiary/aromatic N) is 3. The van der Waals surface area contributed by atoms with Gasteiger partial charge in [-0.1, -0.05) is 11.6 Å². The first kappa shape index (κ1) is 20.6. The maximum atomic E-state index is 13.0. The zero-order valence-electron chi connectivity index (χ0n) is 15.8. The molecule has 1 aromatic heterocycles. The molecule has 2 heterocycles. The fourth-order valence-electron chi connectivity index (χ4n) is 3.08. The molecule has 1 aliphatic heterocycles. The monoisotopic (exact) mass is 426 g/mol. The third-order valence-electron chi connectivity index (χ3n) is 4.53. The van der Waals surface area contributed by atoms with Gasteiger partial charge in [0.1, 0.15) is 5.75 Å². The molecule has 28 heavy (non-hydrogen) atoms. The number of rotatable bonds is 5. The lowest BCUT2D eigenvalue weighted by Gasteiger charge is -2.31. The van der Waals surface area contributed by atoms with Crippen LogP contribution < -0.4 is 4.74 Å². The Morgan fingerprint density at radius 3 is 2.54 bits per heavy atom. The molecule has 8 nitrogen and oxygen atoms in total. The highest BCUT2D eigenvalue weighted by molar-refractivity contribution is 7.89. The summed E-state index contributed by atoms with van der Waals surface area (Å²) in [7, 11) is -3.65. The van der Waals surface area contributed by atoms with Gasteiger partial charge in [0.15, 0.2) is 10.6 Å². The minimum absolute atomic E-state index is 0.0543. The largest absolute Gasteiger partial charge is 0.478 e. The van der Waals surface area contributed by atoms with Crippen LogP contribution in [-0.4, -0.2) is 65.3 Å². The lowest BCUT2D eigenvalue weighted by molar-refractivity contribution is -0.145. The molecule has 3 rings (SSSR count). The molecular weight excluding hydrogens is 404 g/mol. The zero-order chi connectivity index (χ0) is 20.4. The number of carbonyl (C=O) groups is 1. The molecule has 0 aliphatic carbocycles. The van der Waals surface area contributed by atoms with Gasteiger partial charge in [-0.2, -0.15) is 4.31 Å². The summed E-state index contributed by atoms with van der Waals surface area (Å²) in [6.07, 6.45) is 3.15. The maximum absolute atomic E-state index is 13.0. The Hall–Kier alpha value is -2.10. The highest BCUT2D eigenvalue weighted by atomic mass is 35.5. The van der Waals surface area contributed by atoms with Crippen molar-refractivity contribution in [2.45, 2.75) is 30.9 Å². The topological polar surface area (TPSA) is 95.6 Å². The van der Waals surface area contributed by atoms with Gasteiger partial charge in [0.05, 0.1) is 12.5 Å². The molecule has 2 aromatic rings. The molecule has 10 heteroatoms. The zero-order valence-corrected chi connectivity index (χ0v) is 17.3. The number of ether oxygens (including phenoxy) is 1. The van der Waals surface area contributed by atoms with Crippen LogP contribution in [0.25, 0.3) is 0 Å². The molecule has 0 spiro atoms. The second-order valence-electron chi connectivity index (χ2n) is 7.03. The van der Waals surface area contributed by atoms with E-state index in [0.717, 1.165) is 0 Å². The van der Waals surface area contributed by atoms with Crippen molar-refractivity contribution in [3.63, 3.8) is 0 Å². The van der Waals surface area contributed by atoms with E-state index in [2.05, 4.69) is 9.97 Å². The Labute approximate surface area is 169 Å². The van der Waals surface area contributed by atoms with Crippen LogP contribution in [0.2, 0.25) is 5.02 Å². The molecule has 1 N–H and O–H groups in total. The van der Waals surface area contributed by atoms with Crippen molar-refractivity contribution < 1.29 is 17.9 Å². The maximum Gasteiger partial charge on any atom is 0.266 e. The number of aromatic nitrogens is 2. The van der Waals surface area contributed by atoms with Crippen molar-refractivity contribution in [1.82, 2.24) is 19.2 Å². The van der Waals surface area contributed by atoms with Gasteiger partial charge in [0.2, 0.25) is 0 Å². The molecule has 0 atom stereocenters. The Morgan fingerprint density at radius 2 is 1.89 bits per heavy atom. The molecule has 1 fully saturated rings. The Bertz CT molecular complexity index is 914. The van der Waals surface area contributed by atoms with Crippen LogP contribution in [0.5, 0.6) is 5.75 Å². The highest BCUT2D eigenvalue weighted by Crippen LogP contribution is 2.23. The number of aromatic amines is 1. The molecule has 1 amide bonds. The molecule has 152 valence electrons. The molecule has 1 saturated heterocycles. The molecule has 0 bridgehead atoms. The Morgan fingerprint density at radius 1 is 1.18 bits per heavy atom. The first-order valence-corrected chi connectivity index (χ1v) is 10.7. The number of hydrogen-bond acceptors (Lipinski definition) is 5. The van der Waals surface area contributed by atoms with Crippen molar-refractivity contribution in [2.24, 2.45) is 0 Å². The fourth-order valence-corrected chi connectivity index (χ4v) is 4.57. The van der Waals surface area contributed by atoms with E-state index in [-0.39, 0.29) is 17.5 Å². The average Bonchev–Trinajstić information content (AvgIpc) is 3.08. The van der Waals surface area contributed by atoms with Crippen molar-refractivity contribution in [2.75, 3.05) is 26.2 Å². The summed E-state index contributed by atoms with van der Waals surface area (Å²) < 4.78 is 32.6. The molecule has 1 aliphatic rings. The minimum atomic E-state index is -3.65. The molecule has 0 saturated carbocycles. The summed E-state index contributed by atoms with van der Waals surface area (Å²) in [6, 6.07) is 6.81. The van der Waals surface area contributed by atoms with E-state index in [4.69, 9.17) is 16.3 Å². The van der Waals surface area contributed by atoms with Crippen LogP contribution in [0.15, 0.2) is 41.8 Å². The number of carbonyl (C=O) groups excluding carboxylic acids is 1. The molecule has 1 aromatic carbocycles. The van der Waals surface area contributed by atoms with Gasteiger partial charge in [-0.15, -0.1) is 0 Å². The summed E-state index contributed by atoms with van der Waals surface area (Å²) in [5, 5.41) is 0.640. The van der Waals surface area contributed by atoms with Gasteiger partial charge in [0.25, 0.3) is 15.9 Å². The second-order valence-corrected chi connectivity index (χ2v) is 9.37. The molecule has 0 radical (unpaired) electrons. The van der Waals surface area contributed by atoms with Gasteiger partial charge in [-0.25, -0.2) is 13.4 Å². The first-order chi connectivity index (χ1) is 13.2. The summed E-state index contributed by atoms with van der Waals surface area (Å²) in [5.41, 5.74) is -1.09. The van der Waals surface area contributed by atoms with Crippen LogP contribution in [-0.2, 0) is 14.8 Å². The van der Waals surface area contributed by atoms with E-state index >= 15 is 0 Å². The molecular formula is C18H23ClN4O4S. The third-order valence-corrected chi connectivity index (χ3v) is 6.61. The van der Waals surface area contributed by atoms with Crippen LogP contribution in [0.1, 0.15) is 20.3 Å². The van der Waals surface area contributed by atoms with E-state index in [0.29, 0.717) is 36.8 Å². The van der Waals surface area contributed by atoms with Crippen molar-refractivity contribution in [3.05, 3.63) is 41.8 Å². The van der Waals surface area contributed by atoms with Crippen LogP contribution in [0.4, 0.5) is 0 Å². The van der Waals surface area contributed by atoms with Crippen LogP contribution in [0.3, 0.4) is 0 Å². The van der Waals surface area contributed by atoms with Gasteiger partial charge in [-0.3, -0.25) is 4.79 Å². The first-order valence-electron chi connectivity index (χ1n) is 8.93. The van der Waals surface area contributed by atoms with Gasteiger partial charge in [0, 0.05) is 31.2 Å². The van der Waals surface area contributed by atoms with Crippen molar-refractivity contribution in [3.8, 4) is 5.75 Å². The van der Waals surface area contributed by atoms with Crippen LogP contribution >= 0.6 is 11.6 Å². The van der Waals surface area contributed by atoms with E-state index in [1.54, 1.807) is 43.0 Å². The molecule has 0 unspecified atom stereocenters. The number of amides is 1. The summed E-state index contributed by atoms with van der Waals surface area (Å²) in [4.78, 5) is 21.1. The van der Waals surface area contributed by atoms with E-state index in [1.807, 2.05) is 0 Å². The number of nitrogens with one attached hydrogen (secondary N) is 1. The normalized spacial score (nSPS) is 16.6.